The van der Waals surface area contributed by atoms with Crippen molar-refractivity contribution in [2.45, 2.75) is 32.9 Å². The third-order valence-corrected chi connectivity index (χ3v) is 2.08. The van der Waals surface area contributed by atoms with Crippen LogP contribution in [-0.4, -0.2) is 43.2 Å². The van der Waals surface area contributed by atoms with Gasteiger partial charge in [0.2, 0.25) is 0 Å². The van der Waals surface area contributed by atoms with Gasteiger partial charge >= 0.3 is 0 Å². The van der Waals surface area contributed by atoms with Crippen molar-refractivity contribution in [3.63, 3.8) is 0 Å². The van der Waals surface area contributed by atoms with Crippen LogP contribution in [0.25, 0.3) is 0 Å². The van der Waals surface area contributed by atoms with Gasteiger partial charge in [-0.3, -0.25) is 15.1 Å². The Kier molecular flexibility index (Phi) is 6.44. The minimum Gasteiger partial charge on any atom is -0.377 e. The van der Waals surface area contributed by atoms with Gasteiger partial charge < -0.3 is 4.74 Å². The van der Waals surface area contributed by atoms with E-state index in [0.717, 1.165) is 0 Å². The average Bonchev–Trinajstić information content (AvgIpc) is 2.14. The number of nitrogens with two attached hydrogens (primary N) is 1. The Bertz CT molecular complexity index is 173. The van der Waals surface area contributed by atoms with Crippen LogP contribution in [0.2, 0.25) is 0 Å². The lowest BCUT2D eigenvalue weighted by Crippen LogP contribution is -2.46. The number of hydrogen-bond donors (Lipinski definition) is 2. The fraction of sp³-hybridized carbons (Fsp3) is 0.889. The van der Waals surface area contributed by atoms with Gasteiger partial charge in [-0.25, -0.2) is 5.84 Å². The van der Waals surface area contributed by atoms with Crippen LogP contribution in [0.5, 0.6) is 0 Å². The molecule has 0 saturated heterocycles. The first-order valence-electron chi connectivity index (χ1n) is 4.81. The molecule has 0 spiro atoms. The van der Waals surface area contributed by atoms with Gasteiger partial charge in [0, 0.05) is 6.54 Å². The van der Waals surface area contributed by atoms with Crippen molar-refractivity contribution < 1.29 is 9.53 Å². The maximum absolute atomic E-state index is 11.1. The molecular formula is C9H21N3O2. The predicted octanol–water partition coefficient (Wildman–Crippen LogP) is -0.278. The SMILES string of the molecule is CC(C)OCCN(C)C(C)C(=O)NN. The number of carbonyl (C=O) groups is 1. The van der Waals surface area contributed by atoms with Crippen LogP contribution in [0, 0.1) is 0 Å². The third kappa shape index (κ3) is 5.16. The van der Waals surface area contributed by atoms with E-state index in [-0.39, 0.29) is 18.1 Å². The third-order valence-electron chi connectivity index (χ3n) is 2.08. The van der Waals surface area contributed by atoms with Crippen LogP contribution in [-0.2, 0) is 9.53 Å². The van der Waals surface area contributed by atoms with Gasteiger partial charge in [0.15, 0.2) is 0 Å². The molecule has 0 aliphatic rings. The molecule has 14 heavy (non-hydrogen) atoms. The Balaban J connectivity index is 3.72. The van der Waals surface area contributed by atoms with E-state index in [1.807, 2.05) is 25.8 Å². The Labute approximate surface area is 85.6 Å². The normalized spacial score (nSPS) is 13.4. The number of hydrazine groups is 1. The lowest BCUT2D eigenvalue weighted by Gasteiger charge is -2.23. The van der Waals surface area contributed by atoms with Gasteiger partial charge in [-0.15, -0.1) is 0 Å². The zero-order valence-electron chi connectivity index (χ0n) is 9.41. The number of nitrogens with zero attached hydrogens (tertiary/aromatic N) is 1. The molecule has 1 unspecified atom stereocenters. The number of carbonyl (C=O) groups excluding carboxylic acids is 1. The van der Waals surface area contributed by atoms with Gasteiger partial charge in [0.1, 0.15) is 0 Å². The van der Waals surface area contributed by atoms with Crippen molar-refractivity contribution in [2.75, 3.05) is 20.2 Å². The Morgan fingerprint density at radius 2 is 2.07 bits per heavy atom. The maximum atomic E-state index is 11.1. The lowest BCUT2D eigenvalue weighted by atomic mass is 10.3. The summed E-state index contributed by atoms with van der Waals surface area (Å²) in [5.74, 6) is 4.85. The fourth-order valence-corrected chi connectivity index (χ4v) is 0.947. The number of hydrogen-bond acceptors (Lipinski definition) is 4. The molecule has 0 radical (unpaired) electrons. The molecule has 0 rings (SSSR count). The summed E-state index contributed by atoms with van der Waals surface area (Å²) < 4.78 is 5.37. The summed E-state index contributed by atoms with van der Waals surface area (Å²) in [4.78, 5) is 13.0. The van der Waals surface area contributed by atoms with Crippen LogP contribution in [0.1, 0.15) is 20.8 Å². The Hall–Kier alpha value is -0.650. The number of nitrogens with one attached hydrogen (secondary N) is 1. The van der Waals surface area contributed by atoms with Gasteiger partial charge in [-0.2, -0.15) is 0 Å². The first-order valence-corrected chi connectivity index (χ1v) is 4.81. The molecule has 0 aliphatic heterocycles. The van der Waals surface area contributed by atoms with Crippen molar-refractivity contribution >= 4 is 5.91 Å². The van der Waals surface area contributed by atoms with E-state index in [2.05, 4.69) is 5.43 Å². The first-order chi connectivity index (χ1) is 6.49. The van der Waals surface area contributed by atoms with Gasteiger partial charge in [0.05, 0.1) is 18.8 Å². The van der Waals surface area contributed by atoms with Crippen LogP contribution in [0.15, 0.2) is 0 Å². The molecule has 0 aromatic heterocycles. The summed E-state index contributed by atoms with van der Waals surface area (Å²) in [5, 5.41) is 0. The van der Waals surface area contributed by atoms with Crippen LogP contribution >= 0.6 is 0 Å². The molecular weight excluding hydrogens is 182 g/mol. The molecule has 1 atom stereocenters. The van der Waals surface area contributed by atoms with Crippen molar-refractivity contribution in [2.24, 2.45) is 5.84 Å². The zero-order valence-corrected chi connectivity index (χ0v) is 9.41. The van der Waals surface area contributed by atoms with Gasteiger partial charge in [-0.1, -0.05) is 0 Å². The molecule has 1 amide bonds. The van der Waals surface area contributed by atoms with E-state index in [0.29, 0.717) is 13.2 Å². The standard InChI is InChI=1S/C9H21N3O2/c1-7(2)14-6-5-12(4)8(3)9(13)11-10/h7-8H,5-6,10H2,1-4H3,(H,11,13). The average molecular weight is 203 g/mol. The van der Waals surface area contributed by atoms with Crippen LogP contribution < -0.4 is 11.3 Å². The quantitative estimate of drug-likeness (QED) is 0.354. The lowest BCUT2D eigenvalue weighted by molar-refractivity contribution is -0.125. The summed E-state index contributed by atoms with van der Waals surface area (Å²) in [7, 11) is 1.86. The molecule has 0 fully saturated rings. The monoisotopic (exact) mass is 203 g/mol. The number of rotatable bonds is 6. The van der Waals surface area contributed by atoms with E-state index in [4.69, 9.17) is 10.6 Å². The second-order valence-electron chi connectivity index (χ2n) is 3.58. The topological polar surface area (TPSA) is 67.6 Å². The fourth-order valence-electron chi connectivity index (χ4n) is 0.947. The highest BCUT2D eigenvalue weighted by molar-refractivity contribution is 5.80. The largest absolute Gasteiger partial charge is 0.377 e. The number of amides is 1. The van der Waals surface area contributed by atoms with Crippen molar-refractivity contribution in [3.8, 4) is 0 Å². The number of likely N-dealkylation sites (N-methyl/N-ethyl adjacent to an activating group) is 1. The Morgan fingerprint density at radius 1 is 1.50 bits per heavy atom. The molecule has 0 saturated carbocycles. The summed E-state index contributed by atoms with van der Waals surface area (Å²) in [6.07, 6.45) is 0.224. The smallest absolute Gasteiger partial charge is 0.250 e. The summed E-state index contributed by atoms with van der Waals surface area (Å²) >= 11 is 0. The molecule has 0 bridgehead atoms. The van der Waals surface area contributed by atoms with Gasteiger partial charge in [-0.05, 0) is 27.8 Å². The van der Waals surface area contributed by atoms with E-state index in [1.54, 1.807) is 6.92 Å². The number of ether oxygens (including phenoxy) is 1. The molecule has 0 aromatic rings. The van der Waals surface area contributed by atoms with E-state index in [9.17, 15) is 4.79 Å². The second kappa shape index (κ2) is 6.75. The molecule has 3 N–H and O–H groups in total. The minimum atomic E-state index is -0.226. The minimum absolute atomic E-state index is 0.183. The summed E-state index contributed by atoms with van der Waals surface area (Å²) in [5.41, 5.74) is 2.12. The highest BCUT2D eigenvalue weighted by Gasteiger charge is 2.16. The molecule has 0 aliphatic carbocycles. The van der Waals surface area contributed by atoms with Crippen molar-refractivity contribution in [1.82, 2.24) is 10.3 Å². The highest BCUT2D eigenvalue weighted by atomic mass is 16.5. The zero-order chi connectivity index (χ0) is 11.1. The van der Waals surface area contributed by atoms with Gasteiger partial charge in [0.25, 0.3) is 5.91 Å². The van der Waals surface area contributed by atoms with E-state index in [1.165, 1.54) is 0 Å². The molecule has 5 heteroatoms. The molecule has 0 aromatic carbocycles. The molecule has 0 heterocycles. The molecule has 5 nitrogen and oxygen atoms in total. The Morgan fingerprint density at radius 3 is 2.50 bits per heavy atom. The highest BCUT2D eigenvalue weighted by Crippen LogP contribution is 1.96. The predicted molar refractivity (Wildman–Crippen MR) is 55.5 cm³/mol. The van der Waals surface area contributed by atoms with Crippen molar-refractivity contribution in [3.05, 3.63) is 0 Å². The maximum Gasteiger partial charge on any atom is 0.250 e. The van der Waals surface area contributed by atoms with Crippen molar-refractivity contribution in [1.29, 1.82) is 0 Å². The first kappa shape index (κ1) is 13.4. The van der Waals surface area contributed by atoms with E-state index >= 15 is 0 Å². The van der Waals surface area contributed by atoms with E-state index < -0.39 is 0 Å². The summed E-state index contributed by atoms with van der Waals surface area (Å²) in [6.45, 7) is 7.10. The van der Waals surface area contributed by atoms with Crippen LogP contribution in [0.4, 0.5) is 0 Å². The molecule has 84 valence electrons. The summed E-state index contributed by atoms with van der Waals surface area (Å²) in [6, 6.07) is -0.226. The second-order valence-corrected chi connectivity index (χ2v) is 3.58. The van der Waals surface area contributed by atoms with Crippen LogP contribution in [0.3, 0.4) is 0 Å².